The van der Waals surface area contributed by atoms with Crippen LogP contribution in [0.25, 0.3) is 0 Å². The molecule has 0 fully saturated rings. The van der Waals surface area contributed by atoms with Crippen LogP contribution in [-0.2, 0) is 9.53 Å². The van der Waals surface area contributed by atoms with Crippen LogP contribution in [0.3, 0.4) is 0 Å². The van der Waals surface area contributed by atoms with Crippen molar-refractivity contribution in [2.24, 2.45) is 0 Å². The van der Waals surface area contributed by atoms with E-state index in [4.69, 9.17) is 4.74 Å². The zero-order valence-corrected chi connectivity index (χ0v) is 18.3. The number of rotatable bonds is 7. The molecule has 0 spiro atoms. The second-order valence-corrected chi connectivity index (χ2v) is 7.65. The highest BCUT2D eigenvalue weighted by Gasteiger charge is 2.17. The molecule has 0 aliphatic carbocycles. The molecule has 0 heterocycles. The van der Waals surface area contributed by atoms with E-state index in [2.05, 4.69) is 10.6 Å². The summed E-state index contributed by atoms with van der Waals surface area (Å²) < 4.78 is 5.14. The van der Waals surface area contributed by atoms with E-state index in [1.165, 1.54) is 0 Å². The molecule has 6 heteroatoms. The summed E-state index contributed by atoms with van der Waals surface area (Å²) >= 11 is 0. The molecule has 2 amide bonds. The van der Waals surface area contributed by atoms with Gasteiger partial charge in [0.1, 0.15) is 0 Å². The molecule has 0 aliphatic rings. The van der Waals surface area contributed by atoms with Crippen LogP contribution in [0.4, 0.5) is 5.69 Å². The third-order valence-electron chi connectivity index (χ3n) is 4.88. The number of ether oxygens (including phenoxy) is 1. The van der Waals surface area contributed by atoms with E-state index >= 15 is 0 Å². The van der Waals surface area contributed by atoms with Crippen molar-refractivity contribution in [1.29, 1.82) is 0 Å². The van der Waals surface area contributed by atoms with Gasteiger partial charge in [0.25, 0.3) is 11.8 Å². The fourth-order valence-corrected chi connectivity index (χ4v) is 3.38. The maximum atomic E-state index is 12.8. The highest BCUT2D eigenvalue weighted by atomic mass is 16.5. The Morgan fingerprint density at radius 2 is 1.50 bits per heavy atom. The van der Waals surface area contributed by atoms with Crippen LogP contribution >= 0.6 is 0 Å². The predicted molar refractivity (Wildman–Crippen MR) is 124 cm³/mol. The number of esters is 1. The third kappa shape index (κ3) is 6.04. The molecule has 6 nitrogen and oxygen atoms in total. The van der Waals surface area contributed by atoms with Gasteiger partial charge in [0, 0.05) is 0 Å². The molecule has 1 atom stereocenters. The Balaban J connectivity index is 1.62. The van der Waals surface area contributed by atoms with Crippen molar-refractivity contribution in [2.75, 3.05) is 11.9 Å². The quantitative estimate of drug-likeness (QED) is 0.537. The average molecular weight is 431 g/mol. The SMILES string of the molecule is Cc1cc(C)cc(C(=O)OCC(=O)Nc2ccccc2C(=O)N[C@@H](C)c2ccccc2)c1. The minimum absolute atomic E-state index is 0.203. The summed E-state index contributed by atoms with van der Waals surface area (Å²) in [7, 11) is 0. The highest BCUT2D eigenvalue weighted by molar-refractivity contribution is 6.04. The fourth-order valence-electron chi connectivity index (χ4n) is 3.38. The molecule has 164 valence electrons. The number of anilines is 1. The minimum Gasteiger partial charge on any atom is -0.452 e. The van der Waals surface area contributed by atoms with Gasteiger partial charge in [-0.1, -0.05) is 59.7 Å². The van der Waals surface area contributed by atoms with E-state index in [0.717, 1.165) is 16.7 Å². The summed E-state index contributed by atoms with van der Waals surface area (Å²) in [5.41, 5.74) is 3.91. The molecule has 0 radical (unpaired) electrons. The Labute approximate surface area is 187 Å². The van der Waals surface area contributed by atoms with E-state index in [1.54, 1.807) is 36.4 Å². The van der Waals surface area contributed by atoms with E-state index < -0.39 is 18.5 Å². The molecule has 3 rings (SSSR count). The number of nitrogens with one attached hydrogen (secondary N) is 2. The van der Waals surface area contributed by atoms with Gasteiger partial charge in [-0.15, -0.1) is 0 Å². The third-order valence-corrected chi connectivity index (χ3v) is 4.88. The van der Waals surface area contributed by atoms with Gasteiger partial charge >= 0.3 is 5.97 Å². The van der Waals surface area contributed by atoms with Crippen LogP contribution in [-0.4, -0.2) is 24.4 Å². The molecular formula is C26H26N2O4. The van der Waals surface area contributed by atoms with Crippen LogP contribution < -0.4 is 10.6 Å². The van der Waals surface area contributed by atoms with Gasteiger partial charge in [-0.3, -0.25) is 9.59 Å². The maximum absolute atomic E-state index is 12.8. The second kappa shape index (κ2) is 10.4. The topological polar surface area (TPSA) is 84.5 Å². The molecule has 0 bridgehead atoms. The van der Waals surface area contributed by atoms with E-state index in [1.807, 2.05) is 57.2 Å². The van der Waals surface area contributed by atoms with Crippen LogP contribution in [0.5, 0.6) is 0 Å². The van der Waals surface area contributed by atoms with Crippen LogP contribution in [0.1, 0.15) is 50.4 Å². The maximum Gasteiger partial charge on any atom is 0.338 e. The number of para-hydroxylation sites is 1. The van der Waals surface area contributed by atoms with Crippen molar-refractivity contribution in [2.45, 2.75) is 26.8 Å². The number of hydrogen-bond acceptors (Lipinski definition) is 4. The lowest BCUT2D eigenvalue weighted by atomic mass is 10.1. The van der Waals surface area contributed by atoms with E-state index in [-0.39, 0.29) is 11.9 Å². The first-order chi connectivity index (χ1) is 15.3. The normalized spacial score (nSPS) is 11.3. The van der Waals surface area contributed by atoms with Crippen molar-refractivity contribution < 1.29 is 19.1 Å². The molecule has 0 unspecified atom stereocenters. The second-order valence-electron chi connectivity index (χ2n) is 7.65. The van der Waals surface area contributed by atoms with E-state index in [0.29, 0.717) is 16.8 Å². The molecule has 0 aliphatic heterocycles. The number of hydrogen-bond donors (Lipinski definition) is 2. The zero-order chi connectivity index (χ0) is 23.1. The van der Waals surface area contributed by atoms with Gasteiger partial charge in [-0.25, -0.2) is 4.79 Å². The lowest BCUT2D eigenvalue weighted by Gasteiger charge is -2.16. The largest absolute Gasteiger partial charge is 0.452 e. The lowest BCUT2D eigenvalue weighted by molar-refractivity contribution is -0.119. The van der Waals surface area contributed by atoms with Crippen molar-refractivity contribution >= 4 is 23.5 Å². The number of aryl methyl sites for hydroxylation is 2. The summed E-state index contributed by atoms with van der Waals surface area (Å²) in [5.74, 6) is -1.42. The molecule has 3 aromatic carbocycles. The lowest BCUT2D eigenvalue weighted by Crippen LogP contribution is -2.28. The standard InChI is InChI=1S/C26H26N2O4/c1-17-13-18(2)15-21(14-17)26(31)32-16-24(29)28-23-12-8-7-11-22(23)25(30)27-19(3)20-9-5-4-6-10-20/h4-15,19H,16H2,1-3H3,(H,27,30)(H,28,29)/t19-/m0/s1. The number of amides is 2. The van der Waals surface area contributed by atoms with Crippen molar-refractivity contribution in [3.8, 4) is 0 Å². The summed E-state index contributed by atoms with van der Waals surface area (Å²) in [4.78, 5) is 37.4. The number of carbonyl (C=O) groups is 3. The molecule has 0 saturated carbocycles. The number of carbonyl (C=O) groups excluding carboxylic acids is 3. The summed E-state index contributed by atoms with van der Waals surface area (Å²) in [6, 6.07) is 21.5. The molecular weight excluding hydrogens is 404 g/mol. The van der Waals surface area contributed by atoms with Crippen molar-refractivity contribution in [3.05, 3.63) is 101 Å². The van der Waals surface area contributed by atoms with Gasteiger partial charge in [-0.2, -0.15) is 0 Å². The van der Waals surface area contributed by atoms with Crippen LogP contribution in [0, 0.1) is 13.8 Å². The smallest absolute Gasteiger partial charge is 0.338 e. The zero-order valence-electron chi connectivity index (χ0n) is 18.3. The average Bonchev–Trinajstić information content (AvgIpc) is 2.77. The minimum atomic E-state index is -0.574. The molecule has 32 heavy (non-hydrogen) atoms. The predicted octanol–water partition coefficient (Wildman–Crippen LogP) is 4.59. The molecule has 2 N–H and O–H groups in total. The van der Waals surface area contributed by atoms with Crippen molar-refractivity contribution in [3.63, 3.8) is 0 Å². The molecule has 0 aromatic heterocycles. The number of benzene rings is 3. The van der Waals surface area contributed by atoms with Gasteiger partial charge in [0.15, 0.2) is 6.61 Å². The molecule has 0 saturated heterocycles. The Morgan fingerprint density at radius 1 is 0.875 bits per heavy atom. The van der Waals surface area contributed by atoms with Crippen molar-refractivity contribution in [1.82, 2.24) is 5.32 Å². The Morgan fingerprint density at radius 3 is 2.19 bits per heavy atom. The van der Waals surface area contributed by atoms with Gasteiger partial charge in [0.2, 0.25) is 0 Å². The monoisotopic (exact) mass is 430 g/mol. The van der Waals surface area contributed by atoms with Gasteiger partial charge in [0.05, 0.1) is 22.9 Å². The Bertz CT molecular complexity index is 1110. The fraction of sp³-hybridized carbons (Fsp3) is 0.192. The van der Waals surface area contributed by atoms with Gasteiger partial charge < -0.3 is 15.4 Å². The summed E-state index contributed by atoms with van der Waals surface area (Å²) in [6.07, 6.45) is 0. The Kier molecular flexibility index (Phi) is 7.39. The van der Waals surface area contributed by atoms with Crippen LogP contribution in [0.2, 0.25) is 0 Å². The first kappa shape index (κ1) is 22.7. The summed E-state index contributed by atoms with van der Waals surface area (Å²) in [6.45, 7) is 5.21. The first-order valence-electron chi connectivity index (χ1n) is 10.3. The Hall–Kier alpha value is -3.93. The summed E-state index contributed by atoms with van der Waals surface area (Å²) in [5, 5.41) is 5.59. The highest BCUT2D eigenvalue weighted by Crippen LogP contribution is 2.18. The van der Waals surface area contributed by atoms with Crippen LogP contribution in [0.15, 0.2) is 72.8 Å². The first-order valence-corrected chi connectivity index (χ1v) is 10.3. The van der Waals surface area contributed by atoms with Gasteiger partial charge in [-0.05, 0) is 50.6 Å². The molecule has 3 aromatic rings. The van der Waals surface area contributed by atoms with E-state index in [9.17, 15) is 14.4 Å².